The average molecular weight is 1170 g/mol. The Labute approximate surface area is 481 Å². The van der Waals surface area contributed by atoms with Crippen molar-refractivity contribution in [3.63, 3.8) is 0 Å². The van der Waals surface area contributed by atoms with Gasteiger partial charge in [-0.3, -0.25) is 19.2 Å². The van der Waals surface area contributed by atoms with E-state index in [4.69, 9.17) is 19.3 Å². The molecule has 2 atom stereocenters. The predicted molar refractivity (Wildman–Crippen MR) is 301 cm³/mol. The molecule has 6 aromatic rings. The van der Waals surface area contributed by atoms with Crippen molar-refractivity contribution in [3.8, 4) is 0 Å². The van der Waals surface area contributed by atoms with Gasteiger partial charge in [0.05, 0.1) is 55.0 Å². The monoisotopic (exact) mass is 1160 g/mol. The summed E-state index contributed by atoms with van der Waals surface area (Å²) in [5.74, 6) is -4.49. The molecule has 8 amide bonds. The number of nitrogens with one attached hydrogen (secondary N) is 8. The number of carboxylic acids is 3. The number of unbranched alkanes of at least 4 members (excludes halogenated alkanes) is 2. The van der Waals surface area contributed by atoms with Gasteiger partial charge < -0.3 is 81.2 Å². The second-order valence-corrected chi connectivity index (χ2v) is 18.5. The van der Waals surface area contributed by atoms with E-state index >= 15 is 0 Å². The van der Waals surface area contributed by atoms with Gasteiger partial charge in [0.25, 0.3) is 11.8 Å². The van der Waals surface area contributed by atoms with Gasteiger partial charge >= 0.3 is 48.1 Å². The molecule has 0 spiro atoms. The summed E-state index contributed by atoms with van der Waals surface area (Å²) in [6.45, 7) is 4.81. The fraction of sp³-hybridized carbons (Fsp3) is 0.357. The molecule has 2 heterocycles. The first-order valence-electron chi connectivity index (χ1n) is 26.7. The zero-order valence-corrected chi connectivity index (χ0v) is 46.4. The number of para-hydroxylation sites is 4. The van der Waals surface area contributed by atoms with Crippen LogP contribution in [0.3, 0.4) is 0 Å². The minimum atomic E-state index is -1.39. The van der Waals surface area contributed by atoms with Crippen LogP contribution >= 0.6 is 0 Å². The van der Waals surface area contributed by atoms with Crippen molar-refractivity contribution in [2.45, 2.75) is 84.7 Å². The van der Waals surface area contributed by atoms with Crippen LogP contribution in [0.5, 0.6) is 0 Å². The van der Waals surface area contributed by atoms with Gasteiger partial charge in [-0.2, -0.15) is 0 Å². The first kappa shape index (κ1) is 64.5. The smallest absolute Gasteiger partial charge is 0.407 e. The van der Waals surface area contributed by atoms with Crippen LogP contribution in [0, 0.1) is 0 Å². The van der Waals surface area contributed by atoms with E-state index in [9.17, 15) is 58.2 Å². The highest BCUT2D eigenvalue weighted by Gasteiger charge is 2.25. The number of aliphatic carboxylic acids is 3. The van der Waals surface area contributed by atoms with Crippen molar-refractivity contribution in [1.82, 2.24) is 61.6 Å². The Kier molecular flexibility index (Phi) is 25.7. The second-order valence-electron chi connectivity index (χ2n) is 18.5. The number of hydrogen-bond acceptors (Lipinski definition) is 15. The molecular formula is C56H68N12O16. The number of H-pyrrole nitrogens is 2. The van der Waals surface area contributed by atoms with Crippen molar-refractivity contribution < 1.29 is 77.5 Å². The van der Waals surface area contributed by atoms with Gasteiger partial charge in [-0.25, -0.2) is 38.7 Å². The number of imidazole rings is 2. The fourth-order valence-electron chi connectivity index (χ4n) is 7.60. The maximum Gasteiger partial charge on any atom is 0.407 e. The molecular weight excluding hydrogens is 1100 g/mol. The van der Waals surface area contributed by atoms with Gasteiger partial charge in [-0.15, -0.1) is 0 Å². The van der Waals surface area contributed by atoms with E-state index < -0.39 is 78.6 Å². The van der Waals surface area contributed by atoms with Gasteiger partial charge in [0.15, 0.2) is 0 Å². The number of nitrogens with zero attached hydrogens (tertiary/aromatic N) is 4. The third-order valence-corrected chi connectivity index (χ3v) is 12.0. The van der Waals surface area contributed by atoms with Crippen LogP contribution in [-0.4, -0.2) is 163 Å². The SMILES string of the molecule is CCCCOC(=O)NC(CNC(=O)c1ccc(CN(Cc2nc3ccccc3[nH]2)C(=O)NCC(=O)O)cc1)C(=O)O.CCCCOC(=O)NC(CNC(=O)c1ccc(CN(Cc2nc3ccccc3[nH]2)C(=O)NCC(=O)OCC)cc1)C(=O)O. The van der Waals surface area contributed by atoms with Crippen LogP contribution < -0.4 is 31.9 Å². The summed E-state index contributed by atoms with van der Waals surface area (Å²) in [7, 11) is 0. The highest BCUT2D eigenvalue weighted by molar-refractivity contribution is 5.95. The molecule has 11 N–H and O–H groups in total. The number of benzene rings is 4. The Morgan fingerprint density at radius 3 is 1.29 bits per heavy atom. The number of rotatable bonds is 29. The van der Waals surface area contributed by atoms with E-state index in [2.05, 4.69) is 51.8 Å². The maximum atomic E-state index is 13.0. The van der Waals surface area contributed by atoms with Crippen LogP contribution in [0.2, 0.25) is 0 Å². The molecule has 84 heavy (non-hydrogen) atoms. The third-order valence-electron chi connectivity index (χ3n) is 12.0. The minimum Gasteiger partial charge on any atom is -0.480 e. The molecule has 0 radical (unpaired) electrons. The van der Waals surface area contributed by atoms with E-state index in [0.717, 1.165) is 34.9 Å². The Bertz CT molecular complexity index is 3140. The lowest BCUT2D eigenvalue weighted by Gasteiger charge is -2.22. The minimum absolute atomic E-state index is 0.0623. The average Bonchev–Trinajstić information content (AvgIpc) is 4.15. The first-order chi connectivity index (χ1) is 40.3. The van der Waals surface area contributed by atoms with Crippen molar-refractivity contribution in [2.24, 2.45) is 0 Å². The molecule has 0 aliphatic carbocycles. The van der Waals surface area contributed by atoms with E-state index in [1.54, 1.807) is 31.2 Å². The quantitative estimate of drug-likeness (QED) is 0.0173. The molecule has 0 bridgehead atoms. The van der Waals surface area contributed by atoms with Crippen LogP contribution in [-0.2, 0) is 59.6 Å². The number of ether oxygens (including phenoxy) is 3. The fourth-order valence-corrected chi connectivity index (χ4v) is 7.60. The van der Waals surface area contributed by atoms with Crippen LogP contribution in [0.4, 0.5) is 19.2 Å². The van der Waals surface area contributed by atoms with Crippen molar-refractivity contribution in [2.75, 3.05) is 46.0 Å². The van der Waals surface area contributed by atoms with Crippen LogP contribution in [0.15, 0.2) is 97.1 Å². The molecule has 448 valence electrons. The summed E-state index contributed by atoms with van der Waals surface area (Å²) in [6.07, 6.45) is 1.15. The van der Waals surface area contributed by atoms with E-state index in [1.165, 1.54) is 34.1 Å². The Hall–Kier alpha value is -10.3. The summed E-state index contributed by atoms with van der Waals surface area (Å²) in [4.78, 5) is 138. The molecule has 0 aliphatic heterocycles. The zero-order chi connectivity index (χ0) is 61.0. The summed E-state index contributed by atoms with van der Waals surface area (Å²) < 4.78 is 14.7. The predicted octanol–water partition coefficient (Wildman–Crippen LogP) is 4.62. The normalized spacial score (nSPS) is 11.3. The highest BCUT2D eigenvalue weighted by atomic mass is 16.6. The number of carboxylic acid groups (broad SMARTS) is 3. The van der Waals surface area contributed by atoms with Crippen molar-refractivity contribution in [1.29, 1.82) is 0 Å². The maximum absolute atomic E-state index is 13.0. The number of esters is 1. The molecule has 28 heteroatoms. The first-order valence-corrected chi connectivity index (χ1v) is 26.7. The summed E-state index contributed by atoms with van der Waals surface area (Å²) in [5, 5.41) is 42.0. The number of alkyl carbamates (subject to hydrolysis) is 2. The lowest BCUT2D eigenvalue weighted by Crippen LogP contribution is -2.48. The lowest BCUT2D eigenvalue weighted by atomic mass is 10.1. The number of fused-ring (bicyclic) bond motifs is 2. The van der Waals surface area contributed by atoms with Crippen LogP contribution in [0.1, 0.15) is 89.9 Å². The Morgan fingerprint density at radius 2 is 0.917 bits per heavy atom. The molecule has 2 aromatic heterocycles. The van der Waals surface area contributed by atoms with Gasteiger partial charge in [-0.1, -0.05) is 75.2 Å². The summed E-state index contributed by atoms with van der Waals surface area (Å²) in [5.41, 5.74) is 4.86. The Morgan fingerprint density at radius 1 is 0.512 bits per heavy atom. The standard InChI is InChI=1S/C29H36N6O8.C27H32N6O8/c1-3-5-14-43-29(41)34-23(27(38)39)15-30-26(37)20-12-10-19(11-13-20)17-35(28(40)31-16-25(36)42-4-2)18-24-32-21-8-6-7-9-22(21)33-24;1-2-3-12-41-27(40)32-21(25(37)38)13-28-24(36)18-10-8-17(9-11-18)15-33(26(39)29-14-23(34)35)16-22-30-19-6-4-5-7-20(19)31-22/h6-13,23H,3-5,14-18H2,1-2H3,(H,30,37)(H,31,40)(H,32,33)(H,34,41)(H,38,39);4-11,21H,2-3,12-16H2,1H3,(H,28,36)(H,29,39)(H,30,31)(H,32,40)(H,34,35)(H,37,38). The number of amides is 8. The number of aromatic nitrogens is 4. The van der Waals surface area contributed by atoms with Gasteiger partial charge in [0.2, 0.25) is 0 Å². The van der Waals surface area contributed by atoms with E-state index in [-0.39, 0.29) is 76.8 Å². The number of aromatic amines is 2. The molecule has 2 unspecified atom stereocenters. The van der Waals surface area contributed by atoms with Gasteiger partial charge in [-0.05, 0) is 79.4 Å². The van der Waals surface area contributed by atoms with Crippen molar-refractivity contribution in [3.05, 3.63) is 131 Å². The largest absolute Gasteiger partial charge is 0.480 e. The van der Waals surface area contributed by atoms with Gasteiger partial charge in [0.1, 0.15) is 36.8 Å². The van der Waals surface area contributed by atoms with E-state index in [1.807, 2.05) is 62.4 Å². The number of carbonyl (C=O) groups is 10. The molecule has 4 aromatic carbocycles. The molecule has 0 fully saturated rings. The molecule has 28 nitrogen and oxygen atoms in total. The molecule has 0 saturated carbocycles. The highest BCUT2D eigenvalue weighted by Crippen LogP contribution is 2.17. The molecule has 0 saturated heterocycles. The lowest BCUT2D eigenvalue weighted by molar-refractivity contribution is -0.142. The number of carbonyl (C=O) groups excluding carboxylic acids is 7. The Balaban J connectivity index is 0.000000308. The second kappa shape index (κ2) is 33.5. The molecule has 6 rings (SSSR count). The van der Waals surface area contributed by atoms with E-state index in [0.29, 0.717) is 35.6 Å². The summed E-state index contributed by atoms with van der Waals surface area (Å²) >= 11 is 0. The van der Waals surface area contributed by atoms with Gasteiger partial charge in [0, 0.05) is 37.3 Å². The third kappa shape index (κ3) is 21.6. The van der Waals surface area contributed by atoms with Crippen LogP contribution in [0.25, 0.3) is 22.1 Å². The number of hydrogen-bond donors (Lipinski definition) is 11. The topological polar surface area (TPSA) is 395 Å². The summed E-state index contributed by atoms with van der Waals surface area (Å²) in [6, 6.07) is 23.5. The zero-order valence-electron chi connectivity index (χ0n) is 46.4. The number of urea groups is 2. The van der Waals surface area contributed by atoms with Crippen molar-refractivity contribution >= 4 is 82.0 Å². The molecule has 0 aliphatic rings.